The Morgan fingerprint density at radius 2 is 0.461 bits per heavy atom. The second-order valence-electron chi connectivity index (χ2n) is 38.0. The highest BCUT2D eigenvalue weighted by Gasteiger charge is 2.60. The Kier molecular flexibility index (Phi) is 68.9. The zero-order chi connectivity index (χ0) is 80.7. The predicted molar refractivity (Wildman–Crippen MR) is 500 cm³/mol. The molecular weight excluding hydrogens is 1410 g/mol. The zero-order valence-corrected chi connectivity index (χ0v) is 76.8. The molecule has 5 rings (SSSR count). The van der Waals surface area contributed by atoms with Crippen molar-refractivity contribution >= 4 is 12.0 Å². The van der Waals surface area contributed by atoms with Gasteiger partial charge in [0.1, 0.15) is 12.0 Å². The molecule has 2 aliphatic heterocycles. The molecule has 2 saturated heterocycles. The van der Waals surface area contributed by atoms with Crippen molar-refractivity contribution in [2.24, 2.45) is 5.41 Å². The first-order valence-corrected chi connectivity index (χ1v) is 52.7. The van der Waals surface area contributed by atoms with Crippen LogP contribution in [-0.4, -0.2) is 60.4 Å². The van der Waals surface area contributed by atoms with Crippen molar-refractivity contribution in [1.29, 1.82) is 0 Å². The fraction of sp³-hybridized carbons (Fsp3) is 0.870. The summed E-state index contributed by atoms with van der Waals surface area (Å²) in [7, 11) is 0. The molecule has 1 atom stereocenters. The van der Waals surface area contributed by atoms with Crippen LogP contribution in [0.25, 0.3) is 0 Å². The number of nitrogens with zero attached hydrogens (tertiary/aromatic N) is 2. The zero-order valence-electron chi connectivity index (χ0n) is 76.8. The van der Waals surface area contributed by atoms with E-state index in [1.807, 2.05) is 35.2 Å². The number of ether oxygens (including phenoxy) is 3. The Morgan fingerprint density at radius 1 is 0.252 bits per heavy atom. The number of hydrogen-bond acceptors (Lipinski definition) is 5. The number of carbonyl (C=O) groups excluding carboxylic acids is 2. The van der Waals surface area contributed by atoms with E-state index >= 15 is 4.79 Å². The van der Waals surface area contributed by atoms with Gasteiger partial charge in [-0.3, -0.25) is 4.79 Å². The standard InChI is InChI=1S/C108H194N2O5/c111-105-107(93-84-74-70-66-62-58-54-50-46-42-38-34-30-26-22-18-14-10-6-4-2-1-3-5-7-12-16-20-24-28-32-36-40-44-48-52-56-60-64-68-72-76-86-95-108(107)114-99-100-115-108)94-85-75-71-67-63-59-55-51-47-43-39-35-31-27-23-19-15-11-8-9-13-17-21-25-29-33-37-41-45-49-53-57-61-65-69-73-77-87-96-109(106(112)113-102-104-91-82-79-83-92-104)97-88-98-110(105)101-103-89-80-78-81-90-103/h78-83,89-92H,1-77,84-88,93-102H2. The van der Waals surface area contributed by atoms with Crippen LogP contribution in [0, 0.1) is 5.41 Å². The maximum atomic E-state index is 17.0. The lowest BCUT2D eigenvalue weighted by molar-refractivity contribution is -0.248. The van der Waals surface area contributed by atoms with Gasteiger partial charge in [0.2, 0.25) is 5.91 Å². The Labute approximate surface area is 716 Å². The highest BCUT2D eigenvalue weighted by molar-refractivity contribution is 5.84. The molecule has 3 aliphatic rings. The molecule has 7 heteroatoms. The number of amides is 2. The number of rotatable bonds is 4. The third-order valence-electron chi connectivity index (χ3n) is 27.6. The van der Waals surface area contributed by atoms with Crippen LogP contribution in [0.1, 0.15) is 557 Å². The minimum absolute atomic E-state index is 0.233. The number of hydrogen-bond donors (Lipinski definition) is 0. The molecule has 0 N–H and O–H groups in total. The van der Waals surface area contributed by atoms with Crippen molar-refractivity contribution in [2.75, 3.05) is 32.8 Å². The average molecular weight is 1600 g/mol. The van der Waals surface area contributed by atoms with Gasteiger partial charge in [-0.2, -0.15) is 0 Å². The van der Waals surface area contributed by atoms with Crippen molar-refractivity contribution in [2.45, 2.75) is 565 Å². The normalized spacial score (nSPS) is 24.1. The lowest BCUT2D eigenvalue weighted by Crippen LogP contribution is -2.59. The van der Waals surface area contributed by atoms with Crippen LogP contribution in [0.4, 0.5) is 4.79 Å². The smallest absolute Gasteiger partial charge is 0.410 e. The predicted octanol–water partition coefficient (Wildman–Crippen LogP) is 35.6. The fourth-order valence-corrected chi connectivity index (χ4v) is 20.0. The van der Waals surface area contributed by atoms with E-state index in [0.717, 1.165) is 81.8 Å². The fourth-order valence-electron chi connectivity index (χ4n) is 20.0. The van der Waals surface area contributed by atoms with E-state index in [1.165, 1.54) is 469 Å². The summed E-state index contributed by atoms with van der Waals surface area (Å²) in [6, 6.07) is 21.0. The molecule has 666 valence electrons. The van der Waals surface area contributed by atoms with Crippen molar-refractivity contribution in [3.63, 3.8) is 0 Å². The largest absolute Gasteiger partial charge is 0.445 e. The maximum absolute atomic E-state index is 17.0. The van der Waals surface area contributed by atoms with E-state index in [0.29, 0.717) is 45.8 Å². The van der Waals surface area contributed by atoms with E-state index in [4.69, 9.17) is 14.2 Å². The van der Waals surface area contributed by atoms with Crippen molar-refractivity contribution < 1.29 is 23.8 Å². The van der Waals surface area contributed by atoms with Crippen LogP contribution in [0.3, 0.4) is 0 Å². The number of fused-ring (bicyclic) bond motifs is 1. The molecule has 2 aromatic carbocycles. The summed E-state index contributed by atoms with van der Waals surface area (Å²) in [5, 5.41) is 0. The van der Waals surface area contributed by atoms with Gasteiger partial charge < -0.3 is 24.0 Å². The van der Waals surface area contributed by atoms with Gasteiger partial charge >= 0.3 is 6.09 Å². The Hall–Kier alpha value is -2.90. The molecule has 2 aromatic rings. The highest BCUT2D eigenvalue weighted by Crippen LogP contribution is 2.51. The first kappa shape index (κ1) is 103. The molecule has 1 unspecified atom stereocenters. The summed E-state index contributed by atoms with van der Waals surface area (Å²) < 4.78 is 20.7. The molecule has 2 amide bonds. The topological polar surface area (TPSA) is 68.3 Å². The molecule has 2 spiro atoms. The molecule has 115 heavy (non-hydrogen) atoms. The van der Waals surface area contributed by atoms with Gasteiger partial charge in [0.25, 0.3) is 0 Å². The molecule has 7 nitrogen and oxygen atoms in total. The highest BCUT2D eigenvalue weighted by atomic mass is 16.7. The van der Waals surface area contributed by atoms with Crippen LogP contribution in [-0.2, 0) is 32.2 Å². The summed E-state index contributed by atoms with van der Waals surface area (Å²) in [6.45, 7) is 3.69. The van der Waals surface area contributed by atoms with Crippen LogP contribution in [0.15, 0.2) is 60.7 Å². The molecule has 1 aliphatic carbocycles. The molecule has 3 fully saturated rings. The van der Waals surface area contributed by atoms with Crippen LogP contribution in [0.5, 0.6) is 0 Å². The average Bonchev–Trinajstić information content (AvgIpc) is 1.72. The van der Waals surface area contributed by atoms with Gasteiger partial charge in [-0.1, -0.05) is 568 Å². The molecule has 1 saturated carbocycles. The van der Waals surface area contributed by atoms with E-state index in [1.54, 1.807) is 0 Å². The lowest BCUT2D eigenvalue weighted by Gasteiger charge is -2.48. The molecule has 0 aromatic heterocycles. The molecule has 0 radical (unpaired) electrons. The van der Waals surface area contributed by atoms with Gasteiger partial charge in [0, 0.05) is 32.6 Å². The number of carbonyl (C=O) groups is 2. The number of benzene rings is 2. The summed E-state index contributed by atoms with van der Waals surface area (Å²) in [4.78, 5) is 35.7. The van der Waals surface area contributed by atoms with Gasteiger partial charge in [0.05, 0.1) is 13.2 Å². The Bertz CT molecular complexity index is 2320. The molecule has 0 bridgehead atoms. The second kappa shape index (κ2) is 77.2. The Balaban J connectivity index is 1.29. The quantitative estimate of drug-likeness (QED) is 0.305. The van der Waals surface area contributed by atoms with E-state index in [9.17, 15) is 4.79 Å². The molecular formula is C108H194N2O5. The van der Waals surface area contributed by atoms with Crippen LogP contribution in [0.2, 0.25) is 0 Å². The van der Waals surface area contributed by atoms with E-state index < -0.39 is 11.2 Å². The van der Waals surface area contributed by atoms with Crippen LogP contribution >= 0.6 is 0 Å². The van der Waals surface area contributed by atoms with E-state index in [2.05, 4.69) is 35.2 Å². The van der Waals surface area contributed by atoms with Crippen LogP contribution < -0.4 is 0 Å². The minimum atomic E-state index is -0.960. The summed E-state index contributed by atoms with van der Waals surface area (Å²) >= 11 is 0. The Morgan fingerprint density at radius 3 is 0.713 bits per heavy atom. The first-order chi connectivity index (χ1) is 57.1. The maximum Gasteiger partial charge on any atom is 0.410 e. The summed E-state index contributed by atoms with van der Waals surface area (Å²) in [5.41, 5.74) is 1.34. The van der Waals surface area contributed by atoms with Gasteiger partial charge in [0.15, 0.2) is 5.79 Å². The minimum Gasteiger partial charge on any atom is -0.445 e. The third kappa shape index (κ3) is 55.7. The van der Waals surface area contributed by atoms with Gasteiger partial charge in [-0.05, 0) is 43.2 Å². The SMILES string of the molecule is O=C(OCc1ccccc1)N1CCCCCCCCCCCCCCCCCCCCCCCCCCCCCCCCCCCCCCCCC2(CCCCCCCCCCCCCCCCCCCCCCCCCCCCCCCCCCCCCCCCCCCCCC23OCCO3)C(=O)N(Cc2ccccc2)CCC1. The van der Waals surface area contributed by atoms with Crippen molar-refractivity contribution in [3.8, 4) is 0 Å². The van der Waals surface area contributed by atoms with Gasteiger partial charge in [-0.25, -0.2) is 4.79 Å². The lowest BCUT2D eigenvalue weighted by atomic mass is 9.68. The summed E-state index contributed by atoms with van der Waals surface area (Å²) in [6.07, 6.45) is 114. The van der Waals surface area contributed by atoms with E-state index in [-0.39, 0.29) is 18.6 Å². The summed E-state index contributed by atoms with van der Waals surface area (Å²) in [5.74, 6) is -0.726. The van der Waals surface area contributed by atoms with Crippen molar-refractivity contribution in [1.82, 2.24) is 9.80 Å². The monoisotopic (exact) mass is 1600 g/mol. The van der Waals surface area contributed by atoms with Gasteiger partial charge in [-0.15, -0.1) is 0 Å². The third-order valence-corrected chi connectivity index (χ3v) is 27.6. The second-order valence-corrected chi connectivity index (χ2v) is 38.0. The first-order valence-electron chi connectivity index (χ1n) is 52.7. The molecule has 2 heterocycles. The van der Waals surface area contributed by atoms with Crippen molar-refractivity contribution in [3.05, 3.63) is 71.8 Å².